The highest BCUT2D eigenvalue weighted by Crippen LogP contribution is 2.40. The van der Waals surface area contributed by atoms with E-state index in [9.17, 15) is 0 Å². The van der Waals surface area contributed by atoms with Gasteiger partial charge in [0.15, 0.2) is 0 Å². The van der Waals surface area contributed by atoms with Crippen molar-refractivity contribution in [2.75, 3.05) is 0 Å². The average molecular weight is 269 g/mol. The highest BCUT2D eigenvalue weighted by atomic mass is 31.1. The third-order valence-electron chi connectivity index (χ3n) is 2.75. The van der Waals surface area contributed by atoms with Gasteiger partial charge in [0.05, 0.1) is 0 Å². The van der Waals surface area contributed by atoms with Gasteiger partial charge in [0, 0.05) is 19.4 Å². The summed E-state index contributed by atoms with van der Waals surface area (Å²) in [4.78, 5) is 0. The number of hydrogen-bond acceptors (Lipinski definition) is 1. The molecule has 0 aliphatic rings. The fraction of sp³-hybridized carbons (Fsp3) is 0.176. The molecule has 0 aliphatic carbocycles. The first kappa shape index (κ1) is 13.8. The Morgan fingerprint density at radius 3 is 1.68 bits per heavy atom. The Labute approximate surface area is 117 Å². The van der Waals surface area contributed by atoms with Gasteiger partial charge in [-0.15, -0.1) is 0 Å². The number of nitrogens with one attached hydrogen (secondary N) is 1. The lowest BCUT2D eigenvalue weighted by Crippen LogP contribution is -2.25. The molecular weight excluding hydrogens is 249 g/mol. The molecule has 2 heteroatoms. The van der Waals surface area contributed by atoms with Gasteiger partial charge < -0.3 is 5.32 Å². The highest BCUT2D eigenvalue weighted by Gasteiger charge is 2.17. The third kappa shape index (κ3) is 3.68. The zero-order valence-electron chi connectivity index (χ0n) is 11.5. The summed E-state index contributed by atoms with van der Waals surface area (Å²) in [5, 5.41) is 6.14. The van der Waals surface area contributed by atoms with Crippen molar-refractivity contribution in [3.63, 3.8) is 0 Å². The molecule has 0 aliphatic heterocycles. The van der Waals surface area contributed by atoms with Crippen molar-refractivity contribution in [3.8, 4) is 0 Å². The van der Waals surface area contributed by atoms with Crippen LogP contribution in [0.5, 0.6) is 0 Å². The zero-order valence-corrected chi connectivity index (χ0v) is 12.4. The molecule has 0 bridgehead atoms. The van der Waals surface area contributed by atoms with Gasteiger partial charge in [-0.1, -0.05) is 67.2 Å². The molecule has 2 aromatic rings. The van der Waals surface area contributed by atoms with E-state index in [0.717, 1.165) is 5.44 Å². The summed E-state index contributed by atoms with van der Waals surface area (Å²) in [5.41, 5.74) is 1.11. The van der Waals surface area contributed by atoms with Crippen LogP contribution in [0, 0.1) is 0 Å². The van der Waals surface area contributed by atoms with Crippen LogP contribution in [0.4, 0.5) is 0 Å². The maximum atomic E-state index is 4.27. The maximum Gasteiger partial charge on any atom is 0.0365 e. The summed E-state index contributed by atoms with van der Waals surface area (Å²) >= 11 is 0. The summed E-state index contributed by atoms with van der Waals surface area (Å²) in [6.45, 7) is 8.56. The standard InChI is InChI=1S/C17H20NP/c1-14(2)18-15(3)19(16-10-6-4-7-11-16)17-12-8-5-9-13-17/h4-14,18H,3H2,1-2H3. The summed E-state index contributed by atoms with van der Waals surface area (Å²) in [5.74, 6) is 0. The molecule has 0 atom stereocenters. The summed E-state index contributed by atoms with van der Waals surface area (Å²) in [7, 11) is -0.550. The summed E-state index contributed by atoms with van der Waals surface area (Å²) < 4.78 is 0. The second-order valence-corrected chi connectivity index (χ2v) is 7.00. The molecule has 2 rings (SSSR count). The van der Waals surface area contributed by atoms with Crippen molar-refractivity contribution >= 4 is 18.5 Å². The lowest BCUT2D eigenvalue weighted by atomic mass is 10.4. The van der Waals surface area contributed by atoms with Gasteiger partial charge in [-0.2, -0.15) is 0 Å². The van der Waals surface area contributed by atoms with Crippen LogP contribution in [-0.4, -0.2) is 6.04 Å². The Morgan fingerprint density at radius 2 is 1.32 bits per heavy atom. The van der Waals surface area contributed by atoms with Crippen LogP contribution in [0.2, 0.25) is 0 Å². The minimum Gasteiger partial charge on any atom is -0.383 e. The maximum absolute atomic E-state index is 4.27. The topological polar surface area (TPSA) is 12.0 Å². The van der Waals surface area contributed by atoms with Crippen LogP contribution in [0.1, 0.15) is 13.8 Å². The van der Waals surface area contributed by atoms with E-state index in [4.69, 9.17) is 0 Å². The van der Waals surface area contributed by atoms with E-state index in [1.165, 1.54) is 10.6 Å². The van der Waals surface area contributed by atoms with E-state index in [1.54, 1.807) is 0 Å². The molecule has 0 unspecified atom stereocenters. The van der Waals surface area contributed by atoms with Gasteiger partial charge in [-0.05, 0) is 24.5 Å². The van der Waals surface area contributed by atoms with Crippen LogP contribution < -0.4 is 15.9 Å². The number of rotatable bonds is 5. The van der Waals surface area contributed by atoms with Crippen molar-refractivity contribution in [2.24, 2.45) is 0 Å². The lowest BCUT2D eigenvalue weighted by molar-refractivity contribution is 0.695. The molecule has 1 N–H and O–H groups in total. The lowest BCUT2D eigenvalue weighted by Gasteiger charge is -2.24. The average Bonchev–Trinajstić information content (AvgIpc) is 2.40. The van der Waals surface area contributed by atoms with E-state index in [-0.39, 0.29) is 0 Å². The van der Waals surface area contributed by atoms with E-state index in [2.05, 4.69) is 86.4 Å². The Bertz CT molecular complexity index is 480. The Hall–Kier alpha value is -1.59. The van der Waals surface area contributed by atoms with Crippen molar-refractivity contribution in [1.29, 1.82) is 0 Å². The second kappa shape index (κ2) is 6.54. The van der Waals surface area contributed by atoms with Gasteiger partial charge in [-0.25, -0.2) is 0 Å². The van der Waals surface area contributed by atoms with E-state index in [1.807, 2.05) is 0 Å². The number of hydrogen-bond donors (Lipinski definition) is 1. The Kier molecular flexibility index (Phi) is 4.76. The monoisotopic (exact) mass is 269 g/mol. The molecule has 0 saturated carbocycles. The third-order valence-corrected chi connectivity index (χ3v) is 5.05. The molecule has 0 radical (unpaired) electrons. The molecule has 0 aromatic heterocycles. The van der Waals surface area contributed by atoms with Gasteiger partial charge in [0.25, 0.3) is 0 Å². The van der Waals surface area contributed by atoms with E-state index < -0.39 is 7.92 Å². The Morgan fingerprint density at radius 1 is 0.895 bits per heavy atom. The first-order chi connectivity index (χ1) is 9.18. The van der Waals surface area contributed by atoms with Crippen molar-refractivity contribution in [2.45, 2.75) is 19.9 Å². The molecule has 0 spiro atoms. The summed E-state index contributed by atoms with van der Waals surface area (Å²) in [6.07, 6.45) is 0. The predicted octanol–water partition coefficient (Wildman–Crippen LogP) is 3.59. The SMILES string of the molecule is C=C(NC(C)C)P(c1ccccc1)c1ccccc1. The molecule has 0 amide bonds. The van der Waals surface area contributed by atoms with Gasteiger partial charge >= 0.3 is 0 Å². The van der Waals surface area contributed by atoms with Crippen LogP contribution in [-0.2, 0) is 0 Å². The first-order valence-electron chi connectivity index (χ1n) is 6.54. The molecule has 0 fully saturated rings. The smallest absolute Gasteiger partial charge is 0.0365 e. The molecular formula is C17H20NP. The summed E-state index contributed by atoms with van der Waals surface area (Å²) in [6, 6.07) is 21.6. The second-order valence-electron chi connectivity index (χ2n) is 4.75. The van der Waals surface area contributed by atoms with Crippen molar-refractivity contribution in [3.05, 3.63) is 72.7 Å². The quantitative estimate of drug-likeness (QED) is 0.818. The van der Waals surface area contributed by atoms with Crippen LogP contribution >= 0.6 is 7.92 Å². The largest absolute Gasteiger partial charge is 0.383 e. The fourth-order valence-electron chi connectivity index (χ4n) is 2.01. The van der Waals surface area contributed by atoms with Gasteiger partial charge in [0.2, 0.25) is 0 Å². The van der Waals surface area contributed by atoms with Gasteiger partial charge in [0.1, 0.15) is 0 Å². The fourth-order valence-corrected chi connectivity index (χ4v) is 4.26. The minimum atomic E-state index is -0.550. The van der Waals surface area contributed by atoms with Crippen molar-refractivity contribution in [1.82, 2.24) is 5.32 Å². The molecule has 98 valence electrons. The van der Waals surface area contributed by atoms with Crippen molar-refractivity contribution < 1.29 is 0 Å². The minimum absolute atomic E-state index is 0.407. The Balaban J connectivity index is 2.37. The van der Waals surface area contributed by atoms with Gasteiger partial charge in [-0.3, -0.25) is 0 Å². The van der Waals surface area contributed by atoms with Crippen LogP contribution in [0.3, 0.4) is 0 Å². The predicted molar refractivity (Wildman–Crippen MR) is 86.5 cm³/mol. The number of benzene rings is 2. The molecule has 2 aromatic carbocycles. The molecule has 19 heavy (non-hydrogen) atoms. The molecule has 1 nitrogen and oxygen atoms in total. The normalized spacial score (nSPS) is 10.7. The molecule has 0 saturated heterocycles. The van der Waals surface area contributed by atoms with Crippen LogP contribution in [0.25, 0.3) is 0 Å². The van der Waals surface area contributed by atoms with E-state index in [0.29, 0.717) is 6.04 Å². The highest BCUT2D eigenvalue weighted by molar-refractivity contribution is 7.76. The zero-order chi connectivity index (χ0) is 13.7. The molecule has 0 heterocycles. The first-order valence-corrected chi connectivity index (χ1v) is 7.88. The van der Waals surface area contributed by atoms with E-state index >= 15 is 0 Å². The van der Waals surface area contributed by atoms with Crippen LogP contribution in [0.15, 0.2) is 72.7 Å².